The third-order valence-electron chi connectivity index (χ3n) is 4.87. The zero-order chi connectivity index (χ0) is 19.2. The van der Waals surface area contributed by atoms with Gasteiger partial charge in [0.1, 0.15) is 0 Å². The van der Waals surface area contributed by atoms with Crippen molar-refractivity contribution in [2.24, 2.45) is 5.92 Å². The fourth-order valence-corrected chi connectivity index (χ4v) is 3.75. The standard InChI is InChI=1S/C19H23N5O2S/c1-12(2)15-11-20-24-17(15)22-19(27(3,25)26)23-18(24)21-16(14-9-10-14)13-7-5-4-6-8-13/h4-8,11-12,14,16H,9-10H2,1-3H3,(H,21,22,23). The van der Waals surface area contributed by atoms with Crippen LogP contribution in [0.2, 0.25) is 0 Å². The third kappa shape index (κ3) is 3.53. The maximum absolute atomic E-state index is 12.2. The molecule has 0 saturated heterocycles. The van der Waals surface area contributed by atoms with Gasteiger partial charge in [-0.25, -0.2) is 8.42 Å². The van der Waals surface area contributed by atoms with E-state index in [0.717, 1.165) is 30.2 Å². The van der Waals surface area contributed by atoms with Crippen molar-refractivity contribution >= 4 is 21.4 Å². The van der Waals surface area contributed by atoms with E-state index >= 15 is 0 Å². The molecule has 4 rings (SSSR count). The smallest absolute Gasteiger partial charge is 0.252 e. The fourth-order valence-electron chi connectivity index (χ4n) is 3.24. The Labute approximate surface area is 158 Å². The summed E-state index contributed by atoms with van der Waals surface area (Å²) in [6, 6.07) is 10.2. The predicted molar refractivity (Wildman–Crippen MR) is 104 cm³/mol. The molecule has 0 aliphatic heterocycles. The first-order chi connectivity index (χ1) is 12.8. The van der Waals surface area contributed by atoms with Gasteiger partial charge in [0.05, 0.1) is 12.2 Å². The second kappa shape index (κ2) is 6.60. The molecule has 1 aliphatic rings. The molecule has 1 aromatic carbocycles. The average Bonchev–Trinajstić information content (AvgIpc) is 3.36. The van der Waals surface area contributed by atoms with Gasteiger partial charge in [-0.3, -0.25) is 0 Å². The van der Waals surface area contributed by atoms with Crippen molar-refractivity contribution in [2.45, 2.75) is 43.8 Å². The highest BCUT2D eigenvalue weighted by molar-refractivity contribution is 7.90. The molecule has 142 valence electrons. The van der Waals surface area contributed by atoms with Gasteiger partial charge in [0.25, 0.3) is 5.16 Å². The van der Waals surface area contributed by atoms with Gasteiger partial charge in [-0.2, -0.15) is 19.6 Å². The lowest BCUT2D eigenvalue weighted by atomic mass is 10.0. The molecule has 3 aromatic rings. The second-order valence-corrected chi connectivity index (χ2v) is 9.37. The summed E-state index contributed by atoms with van der Waals surface area (Å²) in [7, 11) is -3.55. The Kier molecular flexibility index (Phi) is 4.38. The monoisotopic (exact) mass is 385 g/mol. The van der Waals surface area contributed by atoms with Crippen LogP contribution in [0.1, 0.15) is 49.8 Å². The van der Waals surface area contributed by atoms with Crippen molar-refractivity contribution in [3.8, 4) is 0 Å². The van der Waals surface area contributed by atoms with E-state index in [1.807, 2.05) is 32.0 Å². The quantitative estimate of drug-likeness (QED) is 0.701. The summed E-state index contributed by atoms with van der Waals surface area (Å²) < 4.78 is 25.9. The van der Waals surface area contributed by atoms with Gasteiger partial charge >= 0.3 is 0 Å². The van der Waals surface area contributed by atoms with E-state index in [9.17, 15) is 8.42 Å². The van der Waals surface area contributed by atoms with Crippen molar-refractivity contribution in [1.82, 2.24) is 19.6 Å². The minimum absolute atomic E-state index is 0.0587. The number of hydrogen-bond donors (Lipinski definition) is 1. The molecule has 1 unspecified atom stereocenters. The summed E-state index contributed by atoms with van der Waals surface area (Å²) in [5.74, 6) is 1.08. The van der Waals surface area contributed by atoms with Crippen LogP contribution < -0.4 is 5.32 Å². The molecule has 0 spiro atoms. The summed E-state index contributed by atoms with van der Waals surface area (Å²) in [5.41, 5.74) is 2.59. The van der Waals surface area contributed by atoms with Crippen LogP contribution in [0.15, 0.2) is 41.7 Å². The SMILES string of the molecule is CC(C)c1cnn2c(NC(c3ccccc3)C3CC3)nc(S(C)(=O)=O)nc12. The zero-order valence-electron chi connectivity index (χ0n) is 15.6. The zero-order valence-corrected chi connectivity index (χ0v) is 16.4. The average molecular weight is 385 g/mol. The van der Waals surface area contributed by atoms with Crippen molar-refractivity contribution < 1.29 is 8.42 Å². The van der Waals surface area contributed by atoms with Gasteiger partial charge in [-0.05, 0) is 30.2 Å². The number of hydrogen-bond acceptors (Lipinski definition) is 6. The molecule has 2 heterocycles. The van der Waals surface area contributed by atoms with Gasteiger partial charge in [0.15, 0.2) is 5.65 Å². The highest BCUT2D eigenvalue weighted by Gasteiger charge is 2.33. The Morgan fingerprint density at radius 1 is 1.15 bits per heavy atom. The molecule has 8 heteroatoms. The number of rotatable bonds is 6. The Balaban J connectivity index is 1.84. The van der Waals surface area contributed by atoms with E-state index in [2.05, 4.69) is 32.5 Å². The largest absolute Gasteiger partial charge is 0.347 e. The van der Waals surface area contributed by atoms with Crippen molar-refractivity contribution in [3.63, 3.8) is 0 Å². The molecule has 1 N–H and O–H groups in total. The van der Waals surface area contributed by atoms with Gasteiger partial charge < -0.3 is 5.32 Å². The van der Waals surface area contributed by atoms with E-state index < -0.39 is 9.84 Å². The number of fused-ring (bicyclic) bond motifs is 1. The van der Waals surface area contributed by atoms with Gasteiger partial charge in [0, 0.05) is 11.8 Å². The first-order valence-electron chi connectivity index (χ1n) is 9.12. The van der Waals surface area contributed by atoms with Gasteiger partial charge in [0.2, 0.25) is 15.8 Å². The Morgan fingerprint density at radius 2 is 1.85 bits per heavy atom. The first kappa shape index (κ1) is 17.9. The number of nitrogens with zero attached hydrogens (tertiary/aromatic N) is 4. The summed E-state index contributed by atoms with van der Waals surface area (Å²) in [4.78, 5) is 8.60. The maximum atomic E-state index is 12.2. The summed E-state index contributed by atoms with van der Waals surface area (Å²) >= 11 is 0. The van der Waals surface area contributed by atoms with Crippen LogP contribution in [0, 0.1) is 5.92 Å². The van der Waals surface area contributed by atoms with Crippen molar-refractivity contribution in [2.75, 3.05) is 11.6 Å². The van der Waals surface area contributed by atoms with E-state index in [0.29, 0.717) is 17.5 Å². The molecule has 1 fully saturated rings. The summed E-state index contributed by atoms with van der Waals surface area (Å²) in [6.45, 7) is 4.06. The van der Waals surface area contributed by atoms with Gasteiger partial charge in [-0.15, -0.1) is 0 Å². The van der Waals surface area contributed by atoms with Crippen LogP contribution in [0.4, 0.5) is 5.95 Å². The number of benzene rings is 1. The maximum Gasteiger partial charge on any atom is 0.252 e. The Hall–Kier alpha value is -2.48. The van der Waals surface area contributed by atoms with Gasteiger partial charge in [-0.1, -0.05) is 44.2 Å². The minimum atomic E-state index is -3.55. The summed E-state index contributed by atoms with van der Waals surface area (Å²) in [6.07, 6.45) is 5.14. The molecule has 1 saturated carbocycles. The molecular weight excluding hydrogens is 362 g/mol. The molecule has 0 bridgehead atoms. The van der Waals surface area contributed by atoms with E-state index in [4.69, 9.17) is 0 Å². The first-order valence-corrected chi connectivity index (χ1v) is 11.0. The molecule has 0 radical (unpaired) electrons. The van der Waals surface area contributed by atoms with Crippen molar-refractivity contribution in [1.29, 1.82) is 0 Å². The normalized spacial score (nSPS) is 16.0. The van der Waals surface area contributed by atoms with Crippen LogP contribution in [0.5, 0.6) is 0 Å². The van der Waals surface area contributed by atoms with E-state index in [-0.39, 0.29) is 17.1 Å². The molecular formula is C19H23N5O2S. The molecule has 7 nitrogen and oxygen atoms in total. The number of sulfone groups is 1. The minimum Gasteiger partial charge on any atom is -0.347 e. The molecule has 2 aromatic heterocycles. The molecule has 1 atom stereocenters. The lowest BCUT2D eigenvalue weighted by molar-refractivity contribution is 0.590. The highest BCUT2D eigenvalue weighted by atomic mass is 32.2. The molecule has 0 amide bonds. The van der Waals surface area contributed by atoms with Crippen LogP contribution in [0.3, 0.4) is 0 Å². The predicted octanol–water partition coefficient (Wildman–Crippen LogP) is 3.21. The third-order valence-corrected chi connectivity index (χ3v) is 5.71. The lowest BCUT2D eigenvalue weighted by Gasteiger charge is -2.20. The van der Waals surface area contributed by atoms with Crippen molar-refractivity contribution in [3.05, 3.63) is 47.7 Å². The Bertz CT molecular complexity index is 1070. The fraction of sp³-hybridized carbons (Fsp3) is 0.421. The van der Waals surface area contributed by atoms with Crippen LogP contribution in [-0.4, -0.2) is 34.3 Å². The lowest BCUT2D eigenvalue weighted by Crippen LogP contribution is -2.19. The second-order valence-electron chi connectivity index (χ2n) is 7.46. The van der Waals surface area contributed by atoms with Crippen LogP contribution in [0.25, 0.3) is 5.65 Å². The van der Waals surface area contributed by atoms with E-state index in [1.165, 1.54) is 0 Å². The van der Waals surface area contributed by atoms with Crippen LogP contribution >= 0.6 is 0 Å². The highest BCUT2D eigenvalue weighted by Crippen LogP contribution is 2.42. The molecule has 1 aliphatic carbocycles. The van der Waals surface area contributed by atoms with E-state index in [1.54, 1.807) is 10.7 Å². The number of aromatic nitrogens is 4. The Morgan fingerprint density at radius 3 is 2.44 bits per heavy atom. The van der Waals surface area contributed by atoms with Crippen LogP contribution in [-0.2, 0) is 9.84 Å². The number of nitrogens with one attached hydrogen (secondary N) is 1. The topological polar surface area (TPSA) is 89.2 Å². The summed E-state index contributed by atoms with van der Waals surface area (Å²) in [5, 5.41) is 7.70. The molecule has 27 heavy (non-hydrogen) atoms. The number of anilines is 1.